The maximum absolute atomic E-state index is 5.82. The van der Waals surface area contributed by atoms with Crippen LogP contribution >= 0.6 is 0 Å². The van der Waals surface area contributed by atoms with Crippen LogP contribution in [0.1, 0.15) is 43.9 Å². The van der Waals surface area contributed by atoms with Gasteiger partial charge in [-0.3, -0.25) is 16.3 Å². The maximum atomic E-state index is 5.82. The number of nitrogens with two attached hydrogens (primary N) is 1. The smallest absolute Gasteiger partial charge is 0.0767 e. The van der Waals surface area contributed by atoms with Gasteiger partial charge in [0.05, 0.1) is 12.1 Å². The van der Waals surface area contributed by atoms with E-state index in [-0.39, 0.29) is 12.1 Å². The van der Waals surface area contributed by atoms with E-state index >= 15 is 0 Å². The Kier molecular flexibility index (Phi) is 4.91. The molecule has 3 unspecified atom stereocenters. The van der Waals surface area contributed by atoms with Crippen LogP contribution in [0, 0.1) is 5.92 Å². The Labute approximate surface area is 115 Å². The van der Waals surface area contributed by atoms with Crippen molar-refractivity contribution in [3.8, 4) is 0 Å². The highest BCUT2D eigenvalue weighted by Crippen LogP contribution is 2.34. The zero-order chi connectivity index (χ0) is 13.8. The molecule has 0 bridgehead atoms. The number of aryl methyl sites for hydroxylation is 1. The molecule has 4 heteroatoms. The van der Waals surface area contributed by atoms with Crippen molar-refractivity contribution in [1.82, 2.24) is 10.4 Å². The number of hydrazine groups is 1. The molecular weight excluding hydrogens is 238 g/mol. The summed E-state index contributed by atoms with van der Waals surface area (Å²) in [4.78, 5) is 4.59. The summed E-state index contributed by atoms with van der Waals surface area (Å²) >= 11 is 0. The molecule has 1 aliphatic carbocycles. The molecule has 0 radical (unpaired) electrons. The molecule has 1 aromatic heterocycles. The minimum absolute atomic E-state index is 0.1000. The third-order valence-electron chi connectivity index (χ3n) is 4.15. The van der Waals surface area contributed by atoms with Crippen LogP contribution in [-0.4, -0.2) is 24.2 Å². The Morgan fingerprint density at radius 1 is 1.47 bits per heavy atom. The van der Waals surface area contributed by atoms with Crippen LogP contribution in [0.2, 0.25) is 0 Å². The molecule has 0 aromatic carbocycles. The van der Waals surface area contributed by atoms with Crippen molar-refractivity contribution >= 4 is 0 Å². The van der Waals surface area contributed by atoms with E-state index < -0.39 is 0 Å². The highest BCUT2D eigenvalue weighted by molar-refractivity contribution is 5.27. The van der Waals surface area contributed by atoms with Crippen LogP contribution in [0.15, 0.2) is 18.3 Å². The van der Waals surface area contributed by atoms with Gasteiger partial charge in [0.25, 0.3) is 0 Å². The lowest BCUT2D eigenvalue weighted by molar-refractivity contribution is 0.0225. The van der Waals surface area contributed by atoms with Gasteiger partial charge in [0.2, 0.25) is 0 Å². The molecule has 0 aliphatic heterocycles. The standard InChI is InChI=1S/C15H25N3O/c1-10(2)15(19-3)14(18-16)12-8-4-6-11-7-5-9-17-13(11)12/h5,7,9-10,12,14-15,18H,4,6,8,16H2,1-3H3. The average Bonchev–Trinajstić information content (AvgIpc) is 2.43. The predicted octanol–water partition coefficient (Wildman–Crippen LogP) is 2.00. The van der Waals surface area contributed by atoms with Crippen LogP contribution in [0.25, 0.3) is 0 Å². The van der Waals surface area contributed by atoms with Gasteiger partial charge in [-0.05, 0) is 36.8 Å². The number of nitrogens with one attached hydrogen (secondary N) is 1. The summed E-state index contributed by atoms with van der Waals surface area (Å²) in [7, 11) is 1.76. The number of pyridine rings is 1. The summed E-state index contributed by atoms with van der Waals surface area (Å²) in [5.74, 6) is 6.57. The number of hydrogen-bond donors (Lipinski definition) is 2. The van der Waals surface area contributed by atoms with E-state index in [1.165, 1.54) is 17.7 Å². The van der Waals surface area contributed by atoms with E-state index in [9.17, 15) is 0 Å². The summed E-state index contributed by atoms with van der Waals surface area (Å²) in [6.45, 7) is 4.33. The quantitative estimate of drug-likeness (QED) is 0.630. The third-order valence-corrected chi connectivity index (χ3v) is 4.15. The largest absolute Gasteiger partial charge is 0.379 e. The molecule has 1 aromatic rings. The van der Waals surface area contributed by atoms with Crippen LogP contribution in [-0.2, 0) is 11.2 Å². The lowest BCUT2D eigenvalue weighted by Gasteiger charge is -2.36. The minimum atomic E-state index is 0.1000. The Balaban J connectivity index is 2.29. The molecule has 0 spiro atoms. The fourth-order valence-corrected chi connectivity index (χ4v) is 3.27. The van der Waals surface area contributed by atoms with E-state index in [1.807, 2.05) is 12.3 Å². The average molecular weight is 263 g/mol. The van der Waals surface area contributed by atoms with Crippen LogP contribution < -0.4 is 11.3 Å². The summed E-state index contributed by atoms with van der Waals surface area (Å²) in [6.07, 6.45) is 5.41. The number of ether oxygens (including phenoxy) is 1. The number of fused-ring (bicyclic) bond motifs is 1. The van der Waals surface area contributed by atoms with E-state index in [4.69, 9.17) is 10.6 Å². The summed E-state index contributed by atoms with van der Waals surface area (Å²) in [6, 6.07) is 4.31. The molecule has 1 heterocycles. The van der Waals surface area contributed by atoms with Crippen LogP contribution in [0.4, 0.5) is 0 Å². The summed E-state index contributed by atoms with van der Waals surface area (Å²) in [5, 5.41) is 0. The lowest BCUT2D eigenvalue weighted by Crippen LogP contribution is -2.51. The topological polar surface area (TPSA) is 60.2 Å². The normalized spacial score (nSPS) is 22.1. The van der Waals surface area contributed by atoms with Gasteiger partial charge in [-0.15, -0.1) is 0 Å². The summed E-state index contributed by atoms with van der Waals surface area (Å²) in [5.41, 5.74) is 5.53. The first-order valence-corrected chi connectivity index (χ1v) is 7.11. The second-order valence-electron chi connectivity index (χ2n) is 5.68. The zero-order valence-electron chi connectivity index (χ0n) is 12.1. The van der Waals surface area contributed by atoms with Crippen molar-refractivity contribution in [2.75, 3.05) is 7.11 Å². The van der Waals surface area contributed by atoms with Gasteiger partial charge in [-0.1, -0.05) is 19.9 Å². The van der Waals surface area contributed by atoms with Crippen molar-refractivity contribution in [3.05, 3.63) is 29.6 Å². The van der Waals surface area contributed by atoms with Crippen molar-refractivity contribution < 1.29 is 4.74 Å². The molecular formula is C15H25N3O. The van der Waals surface area contributed by atoms with Crippen LogP contribution in [0.5, 0.6) is 0 Å². The fourth-order valence-electron chi connectivity index (χ4n) is 3.27. The van der Waals surface area contributed by atoms with Crippen molar-refractivity contribution in [2.45, 2.75) is 51.2 Å². The predicted molar refractivity (Wildman–Crippen MR) is 76.7 cm³/mol. The molecule has 0 saturated heterocycles. The molecule has 0 amide bonds. The van der Waals surface area contributed by atoms with Crippen molar-refractivity contribution in [3.63, 3.8) is 0 Å². The molecule has 19 heavy (non-hydrogen) atoms. The molecule has 2 rings (SSSR count). The van der Waals surface area contributed by atoms with E-state index in [2.05, 4.69) is 30.3 Å². The summed E-state index contributed by atoms with van der Waals surface area (Å²) < 4.78 is 5.66. The lowest BCUT2D eigenvalue weighted by atomic mass is 9.78. The first kappa shape index (κ1) is 14.4. The van der Waals surface area contributed by atoms with Crippen molar-refractivity contribution in [2.24, 2.45) is 11.8 Å². The van der Waals surface area contributed by atoms with E-state index in [0.717, 1.165) is 12.8 Å². The molecule has 106 valence electrons. The second-order valence-corrected chi connectivity index (χ2v) is 5.68. The molecule has 0 saturated carbocycles. The first-order chi connectivity index (χ1) is 9.19. The molecule has 1 aliphatic rings. The van der Waals surface area contributed by atoms with Crippen LogP contribution in [0.3, 0.4) is 0 Å². The first-order valence-electron chi connectivity index (χ1n) is 7.11. The third kappa shape index (κ3) is 2.96. The monoisotopic (exact) mass is 263 g/mol. The van der Waals surface area contributed by atoms with Gasteiger partial charge < -0.3 is 4.74 Å². The van der Waals surface area contributed by atoms with Gasteiger partial charge in [-0.25, -0.2) is 0 Å². The zero-order valence-corrected chi connectivity index (χ0v) is 12.1. The van der Waals surface area contributed by atoms with Gasteiger partial charge >= 0.3 is 0 Å². The van der Waals surface area contributed by atoms with Gasteiger partial charge in [-0.2, -0.15) is 0 Å². The number of hydrogen-bond acceptors (Lipinski definition) is 4. The number of nitrogens with zero attached hydrogens (tertiary/aromatic N) is 1. The van der Waals surface area contributed by atoms with Gasteiger partial charge in [0, 0.05) is 24.9 Å². The Hall–Kier alpha value is -0.970. The van der Waals surface area contributed by atoms with Gasteiger partial charge in [0.15, 0.2) is 0 Å². The maximum Gasteiger partial charge on any atom is 0.0767 e. The Morgan fingerprint density at radius 3 is 2.89 bits per heavy atom. The second kappa shape index (κ2) is 6.46. The molecule has 0 fully saturated rings. The van der Waals surface area contributed by atoms with E-state index in [0.29, 0.717) is 11.8 Å². The van der Waals surface area contributed by atoms with E-state index in [1.54, 1.807) is 7.11 Å². The minimum Gasteiger partial charge on any atom is -0.379 e. The molecule has 3 N–H and O–H groups in total. The van der Waals surface area contributed by atoms with Crippen molar-refractivity contribution in [1.29, 1.82) is 0 Å². The SMILES string of the molecule is COC(C(C)C)C(NN)C1CCCc2cccnc21. The Bertz CT molecular complexity index is 408. The molecule has 4 nitrogen and oxygen atoms in total. The number of aromatic nitrogens is 1. The highest BCUT2D eigenvalue weighted by Gasteiger charge is 2.35. The fraction of sp³-hybridized carbons (Fsp3) is 0.667. The Morgan fingerprint density at radius 2 is 2.26 bits per heavy atom. The van der Waals surface area contributed by atoms with Gasteiger partial charge in [0.1, 0.15) is 0 Å². The number of rotatable bonds is 5. The highest BCUT2D eigenvalue weighted by atomic mass is 16.5. The molecule has 3 atom stereocenters. The number of methoxy groups -OCH3 is 1.